The van der Waals surface area contributed by atoms with Crippen LogP contribution in [0, 0.1) is 0 Å². The van der Waals surface area contributed by atoms with E-state index in [1.807, 2.05) is 12.1 Å². The maximum Gasteiger partial charge on any atom is 0.335 e. The lowest BCUT2D eigenvalue weighted by Gasteiger charge is -2.01. The quantitative estimate of drug-likeness (QED) is 0.479. The molecule has 1 aromatic heterocycles. The lowest BCUT2D eigenvalue weighted by Crippen LogP contribution is -2.03. The molecule has 5 heteroatoms. The molecule has 20 heavy (non-hydrogen) atoms. The Hall–Kier alpha value is -2.01. The van der Waals surface area contributed by atoms with Crippen molar-refractivity contribution in [1.82, 2.24) is 10.2 Å². The van der Waals surface area contributed by atoms with E-state index in [4.69, 9.17) is 4.74 Å². The molecule has 2 rings (SSSR count). The Balaban J connectivity index is 2.08. The van der Waals surface area contributed by atoms with E-state index < -0.39 is 0 Å². The zero-order valence-corrected chi connectivity index (χ0v) is 12.3. The van der Waals surface area contributed by atoms with Gasteiger partial charge in [0.25, 0.3) is 0 Å². The fraction of sp³-hybridized carbons (Fsp3) is 0.267. The van der Waals surface area contributed by atoms with Crippen molar-refractivity contribution in [2.45, 2.75) is 26.7 Å². The van der Waals surface area contributed by atoms with Gasteiger partial charge in [0, 0.05) is 18.1 Å². The van der Waals surface area contributed by atoms with E-state index in [1.54, 1.807) is 36.5 Å². The zero-order valence-electron chi connectivity index (χ0n) is 11.5. The van der Waals surface area contributed by atoms with Crippen LogP contribution in [-0.2, 0) is 11.2 Å². The van der Waals surface area contributed by atoms with Crippen LogP contribution in [0.5, 0.6) is 5.75 Å². The molecule has 1 heterocycles. The number of esters is 1. The summed E-state index contributed by atoms with van der Waals surface area (Å²) in [5.74, 6) is 0.150. The number of carbonyl (C=O) groups excluding carboxylic acids is 1. The molecule has 0 unspecified atom stereocenters. The number of aryl methyl sites for hydroxylation is 1. The van der Waals surface area contributed by atoms with E-state index in [2.05, 4.69) is 17.1 Å². The molecule has 0 aliphatic rings. The van der Waals surface area contributed by atoms with Gasteiger partial charge in [0.05, 0.1) is 0 Å². The zero-order chi connectivity index (χ0) is 14.4. The minimum absolute atomic E-state index is 0.374. The van der Waals surface area contributed by atoms with Crippen molar-refractivity contribution in [2.24, 2.45) is 0 Å². The Morgan fingerprint density at radius 2 is 2.05 bits per heavy atom. The van der Waals surface area contributed by atoms with Gasteiger partial charge in [-0.2, -0.15) is 0 Å². The minimum atomic E-state index is -0.374. The summed E-state index contributed by atoms with van der Waals surface area (Å²) >= 11 is 1.60. The summed E-state index contributed by atoms with van der Waals surface area (Å²) in [5.41, 5.74) is 0.982. The van der Waals surface area contributed by atoms with Crippen LogP contribution in [0.15, 0.2) is 36.4 Å². The lowest BCUT2D eigenvalue weighted by molar-refractivity contribution is -0.129. The van der Waals surface area contributed by atoms with Crippen molar-refractivity contribution in [2.75, 3.05) is 0 Å². The van der Waals surface area contributed by atoms with Gasteiger partial charge in [0.1, 0.15) is 15.8 Å². The van der Waals surface area contributed by atoms with Gasteiger partial charge in [-0.15, -0.1) is 10.2 Å². The van der Waals surface area contributed by atoms with E-state index >= 15 is 0 Å². The number of hydrogen-bond donors (Lipinski definition) is 0. The third-order valence-electron chi connectivity index (χ3n) is 2.55. The second-order valence-electron chi connectivity index (χ2n) is 4.20. The molecular weight excluding hydrogens is 272 g/mol. The van der Waals surface area contributed by atoms with E-state index in [1.165, 1.54) is 6.08 Å². The third kappa shape index (κ3) is 3.74. The van der Waals surface area contributed by atoms with Crippen LogP contribution in [-0.4, -0.2) is 16.2 Å². The molecular formula is C15H16N2O2S. The standard InChI is InChI=1S/C15H16N2O2S/c1-3-5-13-16-17-15(20-13)11-7-9-12(10-8-11)19-14(18)6-4-2/h4,6-10H,3,5H2,1-2H3. The summed E-state index contributed by atoms with van der Waals surface area (Å²) < 4.78 is 5.13. The number of allylic oxidation sites excluding steroid dienone is 1. The molecule has 1 aromatic carbocycles. The summed E-state index contributed by atoms with van der Waals surface area (Å²) in [6.45, 7) is 3.89. The van der Waals surface area contributed by atoms with E-state index in [0.29, 0.717) is 5.75 Å². The number of rotatable bonds is 5. The van der Waals surface area contributed by atoms with Crippen LogP contribution in [0.3, 0.4) is 0 Å². The molecule has 0 saturated carbocycles. The van der Waals surface area contributed by atoms with Crippen LogP contribution >= 0.6 is 11.3 Å². The Labute approximate surface area is 122 Å². The van der Waals surface area contributed by atoms with Gasteiger partial charge in [0.2, 0.25) is 0 Å². The summed E-state index contributed by atoms with van der Waals surface area (Å²) in [6.07, 6.45) is 5.05. The van der Waals surface area contributed by atoms with Crippen LogP contribution in [0.1, 0.15) is 25.3 Å². The Morgan fingerprint density at radius 1 is 1.30 bits per heavy atom. The van der Waals surface area contributed by atoms with Gasteiger partial charge < -0.3 is 4.74 Å². The summed E-state index contributed by atoms with van der Waals surface area (Å²) in [4.78, 5) is 11.3. The second kappa shape index (κ2) is 6.96. The molecule has 0 saturated heterocycles. The lowest BCUT2D eigenvalue weighted by atomic mass is 10.2. The van der Waals surface area contributed by atoms with Gasteiger partial charge in [-0.25, -0.2) is 4.79 Å². The van der Waals surface area contributed by atoms with Crippen molar-refractivity contribution < 1.29 is 9.53 Å². The number of benzene rings is 1. The SMILES string of the molecule is CC=CC(=O)Oc1ccc(-c2nnc(CCC)s2)cc1. The normalized spacial score (nSPS) is 10.9. The van der Waals surface area contributed by atoms with E-state index in [9.17, 15) is 4.79 Å². The first-order valence-electron chi connectivity index (χ1n) is 6.50. The van der Waals surface area contributed by atoms with Gasteiger partial charge in [-0.3, -0.25) is 0 Å². The van der Waals surface area contributed by atoms with Crippen molar-refractivity contribution in [3.8, 4) is 16.3 Å². The average molecular weight is 288 g/mol. The molecule has 0 spiro atoms. The summed E-state index contributed by atoms with van der Waals surface area (Å²) in [7, 11) is 0. The molecule has 2 aromatic rings. The summed E-state index contributed by atoms with van der Waals surface area (Å²) in [5, 5.41) is 10.3. The topological polar surface area (TPSA) is 52.1 Å². The molecule has 0 radical (unpaired) electrons. The Kier molecular flexibility index (Phi) is 5.01. The van der Waals surface area contributed by atoms with Crippen LogP contribution < -0.4 is 4.74 Å². The monoisotopic (exact) mass is 288 g/mol. The number of ether oxygens (including phenoxy) is 1. The molecule has 0 aliphatic heterocycles. The first-order chi connectivity index (χ1) is 9.72. The second-order valence-corrected chi connectivity index (χ2v) is 5.26. The molecule has 0 fully saturated rings. The molecule has 4 nitrogen and oxygen atoms in total. The number of nitrogens with zero attached hydrogens (tertiary/aromatic N) is 2. The average Bonchev–Trinajstić information content (AvgIpc) is 2.89. The minimum Gasteiger partial charge on any atom is -0.423 e. The predicted molar refractivity (Wildman–Crippen MR) is 79.8 cm³/mol. The van der Waals surface area contributed by atoms with Crippen molar-refractivity contribution in [3.05, 3.63) is 41.4 Å². The van der Waals surface area contributed by atoms with Crippen LogP contribution in [0.25, 0.3) is 10.6 Å². The number of hydrogen-bond acceptors (Lipinski definition) is 5. The maximum atomic E-state index is 11.3. The molecule has 104 valence electrons. The number of carbonyl (C=O) groups is 1. The molecule has 0 amide bonds. The molecule has 0 N–H and O–H groups in total. The van der Waals surface area contributed by atoms with Crippen LogP contribution in [0.4, 0.5) is 0 Å². The van der Waals surface area contributed by atoms with Crippen molar-refractivity contribution >= 4 is 17.3 Å². The molecule has 0 bridgehead atoms. The van der Waals surface area contributed by atoms with Gasteiger partial charge in [-0.05, 0) is 37.6 Å². The molecule has 0 atom stereocenters. The Morgan fingerprint density at radius 3 is 2.70 bits per heavy atom. The van der Waals surface area contributed by atoms with Crippen molar-refractivity contribution in [1.29, 1.82) is 0 Å². The third-order valence-corrected chi connectivity index (χ3v) is 3.59. The number of aromatic nitrogens is 2. The first kappa shape index (κ1) is 14.4. The maximum absolute atomic E-state index is 11.3. The first-order valence-corrected chi connectivity index (χ1v) is 7.32. The highest BCUT2D eigenvalue weighted by Gasteiger charge is 2.07. The highest BCUT2D eigenvalue weighted by atomic mass is 32.1. The summed E-state index contributed by atoms with van der Waals surface area (Å²) in [6, 6.07) is 7.29. The smallest absolute Gasteiger partial charge is 0.335 e. The highest BCUT2D eigenvalue weighted by Crippen LogP contribution is 2.26. The van der Waals surface area contributed by atoms with Crippen LogP contribution in [0.2, 0.25) is 0 Å². The molecule has 0 aliphatic carbocycles. The highest BCUT2D eigenvalue weighted by molar-refractivity contribution is 7.14. The fourth-order valence-corrected chi connectivity index (χ4v) is 2.58. The van der Waals surface area contributed by atoms with Crippen molar-refractivity contribution in [3.63, 3.8) is 0 Å². The largest absolute Gasteiger partial charge is 0.423 e. The van der Waals surface area contributed by atoms with Gasteiger partial charge in [-0.1, -0.05) is 24.3 Å². The van der Waals surface area contributed by atoms with E-state index in [-0.39, 0.29) is 5.97 Å². The Bertz CT molecular complexity index is 603. The van der Waals surface area contributed by atoms with E-state index in [0.717, 1.165) is 28.4 Å². The fourth-order valence-electron chi connectivity index (χ4n) is 1.64. The van der Waals surface area contributed by atoms with Gasteiger partial charge >= 0.3 is 5.97 Å². The predicted octanol–water partition coefficient (Wildman–Crippen LogP) is 3.64. The van der Waals surface area contributed by atoms with Gasteiger partial charge in [0.15, 0.2) is 0 Å².